The highest BCUT2D eigenvalue weighted by molar-refractivity contribution is 5.48. The molecule has 0 heterocycles. The molecule has 0 saturated carbocycles. The summed E-state index contributed by atoms with van der Waals surface area (Å²) < 4.78 is 0. The third-order valence-electron chi connectivity index (χ3n) is 2.64. The van der Waals surface area contributed by atoms with E-state index in [4.69, 9.17) is 0 Å². The first-order valence-corrected chi connectivity index (χ1v) is 6.26. The Morgan fingerprint density at radius 2 is 1.56 bits per heavy atom. The van der Waals surface area contributed by atoms with E-state index in [0.717, 1.165) is 0 Å². The summed E-state index contributed by atoms with van der Waals surface area (Å²) in [7, 11) is 0. The molecule has 0 heteroatoms. The highest BCUT2D eigenvalue weighted by Gasteiger charge is 1.87. The van der Waals surface area contributed by atoms with Crippen molar-refractivity contribution in [3.8, 4) is 0 Å². The van der Waals surface area contributed by atoms with Gasteiger partial charge in [0.2, 0.25) is 0 Å². The van der Waals surface area contributed by atoms with Crippen molar-refractivity contribution in [2.45, 2.75) is 38.5 Å². The number of allylic oxidation sites excluding steroid dienone is 2. The lowest BCUT2D eigenvalue weighted by Crippen LogP contribution is -1.76. The summed E-state index contributed by atoms with van der Waals surface area (Å²) in [6, 6.07) is 10.5. The molecule has 86 valence electrons. The van der Waals surface area contributed by atoms with E-state index in [1.54, 1.807) is 0 Å². The predicted octanol–water partition coefficient (Wildman–Crippen LogP) is 5.23. The van der Waals surface area contributed by atoms with Gasteiger partial charge < -0.3 is 0 Å². The Morgan fingerprint density at radius 3 is 2.25 bits per heavy atom. The molecule has 16 heavy (non-hydrogen) atoms. The van der Waals surface area contributed by atoms with Gasteiger partial charge in [0.15, 0.2) is 0 Å². The first kappa shape index (κ1) is 12.8. The van der Waals surface area contributed by atoms with E-state index < -0.39 is 0 Å². The Kier molecular flexibility index (Phi) is 7.15. The van der Waals surface area contributed by atoms with Crippen molar-refractivity contribution in [3.05, 3.63) is 54.6 Å². The third-order valence-corrected chi connectivity index (χ3v) is 2.64. The van der Waals surface area contributed by atoms with Crippen molar-refractivity contribution in [1.29, 1.82) is 0 Å². The molecule has 1 rings (SSSR count). The molecule has 0 atom stereocenters. The number of rotatable bonds is 8. The second-order valence-electron chi connectivity index (χ2n) is 4.09. The monoisotopic (exact) mass is 214 g/mol. The summed E-state index contributed by atoms with van der Waals surface area (Å²) in [6.45, 7) is 3.73. The first-order valence-electron chi connectivity index (χ1n) is 6.26. The van der Waals surface area contributed by atoms with Crippen LogP contribution in [0, 0.1) is 0 Å². The molecule has 0 unspecified atom stereocenters. The number of unbranched alkanes of at least 4 members (excludes halogenated alkanes) is 5. The van der Waals surface area contributed by atoms with Gasteiger partial charge in [0.05, 0.1) is 0 Å². The van der Waals surface area contributed by atoms with Crippen molar-refractivity contribution in [2.24, 2.45) is 0 Å². The summed E-state index contributed by atoms with van der Waals surface area (Å²) >= 11 is 0. The molecule has 0 saturated heterocycles. The van der Waals surface area contributed by atoms with Crippen LogP contribution >= 0.6 is 0 Å². The van der Waals surface area contributed by atoms with E-state index >= 15 is 0 Å². The molecule has 0 aliphatic carbocycles. The smallest absolute Gasteiger partial charge is 0.0260 e. The third kappa shape index (κ3) is 6.23. The summed E-state index contributed by atoms with van der Waals surface area (Å²) in [6.07, 6.45) is 14.1. The molecule has 0 aliphatic rings. The number of hydrogen-bond donors (Lipinski definition) is 0. The Bertz CT molecular complexity index is 295. The fraction of sp³-hybridized carbons (Fsp3) is 0.375. The molecule has 0 aliphatic heterocycles. The number of benzene rings is 1. The van der Waals surface area contributed by atoms with Crippen molar-refractivity contribution < 1.29 is 0 Å². The molecule has 0 fully saturated rings. The Balaban J connectivity index is 2.03. The summed E-state index contributed by atoms with van der Waals surface area (Å²) in [5.41, 5.74) is 1.30. The van der Waals surface area contributed by atoms with Crippen LogP contribution in [0.4, 0.5) is 0 Å². The van der Waals surface area contributed by atoms with Crippen LogP contribution in [-0.4, -0.2) is 0 Å². The van der Waals surface area contributed by atoms with Crippen LogP contribution < -0.4 is 0 Å². The summed E-state index contributed by atoms with van der Waals surface area (Å²) in [5.74, 6) is 0. The minimum absolute atomic E-state index is 1.17. The van der Waals surface area contributed by atoms with Crippen LogP contribution in [0.15, 0.2) is 49.1 Å². The maximum absolute atomic E-state index is 3.73. The average Bonchev–Trinajstić information content (AvgIpc) is 2.34. The standard InChI is InChI=1S/C16H22/c1-2-3-4-5-6-7-8-10-13-16-14-11-9-12-15-16/h2,9-15H,1,3-8H2. The summed E-state index contributed by atoms with van der Waals surface area (Å²) in [4.78, 5) is 0. The van der Waals surface area contributed by atoms with Gasteiger partial charge >= 0.3 is 0 Å². The van der Waals surface area contributed by atoms with E-state index in [-0.39, 0.29) is 0 Å². The first-order chi connectivity index (χ1) is 7.93. The Morgan fingerprint density at radius 1 is 0.875 bits per heavy atom. The lowest BCUT2D eigenvalue weighted by Gasteiger charge is -1.96. The van der Waals surface area contributed by atoms with Gasteiger partial charge in [-0.3, -0.25) is 0 Å². The second-order valence-corrected chi connectivity index (χ2v) is 4.09. The zero-order valence-electron chi connectivity index (χ0n) is 10.1. The minimum Gasteiger partial charge on any atom is -0.103 e. The van der Waals surface area contributed by atoms with Gasteiger partial charge in [-0.15, -0.1) is 6.58 Å². The molecule has 0 bridgehead atoms. The molecule has 0 aromatic heterocycles. The molecule has 0 radical (unpaired) electrons. The highest BCUT2D eigenvalue weighted by Crippen LogP contribution is 2.08. The Labute approximate surface area is 99.7 Å². The van der Waals surface area contributed by atoms with Crippen LogP contribution in [-0.2, 0) is 0 Å². The largest absolute Gasteiger partial charge is 0.103 e. The van der Waals surface area contributed by atoms with Crippen molar-refractivity contribution >= 4 is 6.08 Å². The van der Waals surface area contributed by atoms with Gasteiger partial charge in [0, 0.05) is 0 Å². The van der Waals surface area contributed by atoms with Crippen molar-refractivity contribution in [3.63, 3.8) is 0 Å². The topological polar surface area (TPSA) is 0 Å². The van der Waals surface area contributed by atoms with E-state index in [1.807, 2.05) is 6.08 Å². The van der Waals surface area contributed by atoms with Crippen molar-refractivity contribution in [1.82, 2.24) is 0 Å². The lowest BCUT2D eigenvalue weighted by molar-refractivity contribution is 0.653. The molecule has 0 nitrogen and oxygen atoms in total. The normalized spacial score (nSPS) is 10.8. The van der Waals surface area contributed by atoms with E-state index in [1.165, 1.54) is 44.1 Å². The molecular weight excluding hydrogens is 192 g/mol. The van der Waals surface area contributed by atoms with Gasteiger partial charge in [-0.1, -0.05) is 61.4 Å². The van der Waals surface area contributed by atoms with Gasteiger partial charge in [-0.2, -0.15) is 0 Å². The average molecular weight is 214 g/mol. The maximum Gasteiger partial charge on any atom is -0.0260 e. The molecule has 0 amide bonds. The minimum atomic E-state index is 1.17. The van der Waals surface area contributed by atoms with E-state index in [2.05, 4.69) is 49.1 Å². The van der Waals surface area contributed by atoms with Gasteiger partial charge in [0.25, 0.3) is 0 Å². The lowest BCUT2D eigenvalue weighted by atomic mass is 10.1. The van der Waals surface area contributed by atoms with Gasteiger partial charge in [-0.25, -0.2) is 0 Å². The number of hydrogen-bond acceptors (Lipinski definition) is 0. The second kappa shape index (κ2) is 8.96. The predicted molar refractivity (Wildman–Crippen MR) is 73.4 cm³/mol. The molecule has 1 aromatic carbocycles. The fourth-order valence-electron chi connectivity index (χ4n) is 1.69. The highest BCUT2D eigenvalue weighted by atomic mass is 13.9. The Hall–Kier alpha value is -1.30. The van der Waals surface area contributed by atoms with Crippen LogP contribution in [0.5, 0.6) is 0 Å². The quantitative estimate of drug-likeness (QED) is 0.411. The molecule has 0 N–H and O–H groups in total. The molecule has 1 aromatic rings. The van der Waals surface area contributed by atoms with Gasteiger partial charge in [0.1, 0.15) is 0 Å². The summed E-state index contributed by atoms with van der Waals surface area (Å²) in [5, 5.41) is 0. The van der Waals surface area contributed by atoms with E-state index in [0.29, 0.717) is 0 Å². The SMILES string of the molecule is C=CCCCCCCC=Cc1ccccc1. The fourth-order valence-corrected chi connectivity index (χ4v) is 1.69. The molecule has 0 spiro atoms. The van der Waals surface area contributed by atoms with E-state index in [9.17, 15) is 0 Å². The van der Waals surface area contributed by atoms with Crippen LogP contribution in [0.3, 0.4) is 0 Å². The van der Waals surface area contributed by atoms with Crippen LogP contribution in [0.1, 0.15) is 44.1 Å². The maximum atomic E-state index is 3.73. The van der Waals surface area contributed by atoms with Crippen molar-refractivity contribution in [2.75, 3.05) is 0 Å². The van der Waals surface area contributed by atoms with Gasteiger partial charge in [-0.05, 0) is 31.2 Å². The zero-order valence-corrected chi connectivity index (χ0v) is 10.1. The van der Waals surface area contributed by atoms with Crippen LogP contribution in [0.2, 0.25) is 0 Å². The zero-order chi connectivity index (χ0) is 11.5. The molecular formula is C16H22. The van der Waals surface area contributed by atoms with Crippen LogP contribution in [0.25, 0.3) is 6.08 Å².